The van der Waals surface area contributed by atoms with Crippen molar-refractivity contribution in [3.8, 4) is 0 Å². The molecule has 5 nitrogen and oxygen atoms in total. The van der Waals surface area contributed by atoms with Crippen molar-refractivity contribution in [1.82, 2.24) is 10.6 Å². The van der Waals surface area contributed by atoms with Gasteiger partial charge in [0, 0.05) is 19.7 Å². The fraction of sp³-hybridized carbons (Fsp3) is 0.611. The molecule has 0 radical (unpaired) electrons. The minimum Gasteiger partial charge on any atom is -0.444 e. The van der Waals surface area contributed by atoms with Gasteiger partial charge in [0.05, 0.1) is 12.6 Å². The molecule has 1 heterocycles. The Morgan fingerprint density at radius 2 is 2.09 bits per heavy atom. The van der Waals surface area contributed by atoms with Crippen LogP contribution in [0.4, 0.5) is 4.79 Å². The second kappa shape index (κ2) is 8.31. The molecule has 0 saturated carbocycles. The van der Waals surface area contributed by atoms with Crippen LogP contribution in [-0.4, -0.2) is 38.0 Å². The smallest absolute Gasteiger partial charge is 0.408 e. The molecular formula is C18H28N2O3. The number of nitrogens with one attached hydrogen (secondary N) is 2. The molecule has 1 aliphatic heterocycles. The zero-order valence-corrected chi connectivity index (χ0v) is 14.3. The first-order valence-electron chi connectivity index (χ1n) is 8.27. The van der Waals surface area contributed by atoms with Gasteiger partial charge >= 0.3 is 6.09 Å². The number of carbonyl (C=O) groups excluding carboxylic acids is 1. The lowest BCUT2D eigenvalue weighted by Gasteiger charge is -2.24. The van der Waals surface area contributed by atoms with E-state index < -0.39 is 11.7 Å². The quantitative estimate of drug-likeness (QED) is 0.846. The number of carbonyl (C=O) groups is 1. The van der Waals surface area contributed by atoms with Gasteiger partial charge in [0.25, 0.3) is 0 Å². The van der Waals surface area contributed by atoms with E-state index in [1.54, 1.807) is 0 Å². The molecule has 2 unspecified atom stereocenters. The summed E-state index contributed by atoms with van der Waals surface area (Å²) in [5, 5.41) is 6.40. The molecule has 0 bridgehead atoms. The summed E-state index contributed by atoms with van der Waals surface area (Å²) in [5.41, 5.74) is 0.563. The lowest BCUT2D eigenvalue weighted by atomic mass is 10.1. The zero-order chi connectivity index (χ0) is 16.7. The Balaban J connectivity index is 1.90. The molecule has 5 heteroatoms. The second-order valence-corrected chi connectivity index (χ2v) is 7.00. The van der Waals surface area contributed by atoms with Crippen LogP contribution >= 0.6 is 0 Å². The predicted octanol–water partition coefficient (Wildman–Crippen LogP) is 2.88. The van der Waals surface area contributed by atoms with E-state index in [0.717, 1.165) is 31.7 Å². The highest BCUT2D eigenvalue weighted by Crippen LogP contribution is 2.15. The summed E-state index contributed by atoms with van der Waals surface area (Å²) >= 11 is 0. The molecule has 0 spiro atoms. The van der Waals surface area contributed by atoms with Crippen LogP contribution in [0.15, 0.2) is 30.3 Å². The Labute approximate surface area is 138 Å². The number of rotatable bonds is 6. The van der Waals surface area contributed by atoms with E-state index in [9.17, 15) is 4.79 Å². The standard InChI is InChI=1S/C18H28N2O3/c1-18(2,3)23-17(21)20-16(15-7-5-4-6-8-15)12-19-11-14-9-10-22-13-14/h4-8,14,16,19H,9-13H2,1-3H3,(H,20,21). The molecule has 2 atom stereocenters. The van der Waals surface area contributed by atoms with Crippen LogP contribution in [-0.2, 0) is 9.47 Å². The van der Waals surface area contributed by atoms with Crippen LogP contribution < -0.4 is 10.6 Å². The van der Waals surface area contributed by atoms with Crippen LogP contribution in [0.5, 0.6) is 0 Å². The number of hydrogen-bond donors (Lipinski definition) is 2. The lowest BCUT2D eigenvalue weighted by molar-refractivity contribution is 0.0503. The fourth-order valence-electron chi connectivity index (χ4n) is 2.56. The van der Waals surface area contributed by atoms with Gasteiger partial charge in [0.1, 0.15) is 5.60 Å². The largest absolute Gasteiger partial charge is 0.444 e. The Morgan fingerprint density at radius 1 is 1.35 bits per heavy atom. The number of alkyl carbamates (subject to hydrolysis) is 1. The fourth-order valence-corrected chi connectivity index (χ4v) is 2.56. The number of ether oxygens (including phenoxy) is 2. The molecule has 23 heavy (non-hydrogen) atoms. The van der Waals surface area contributed by atoms with E-state index in [1.807, 2.05) is 51.1 Å². The van der Waals surface area contributed by atoms with E-state index in [-0.39, 0.29) is 6.04 Å². The van der Waals surface area contributed by atoms with E-state index in [2.05, 4.69) is 10.6 Å². The third-order valence-electron chi connectivity index (χ3n) is 3.70. The monoisotopic (exact) mass is 320 g/mol. The van der Waals surface area contributed by atoms with Gasteiger partial charge in [0.15, 0.2) is 0 Å². The molecule has 1 saturated heterocycles. The van der Waals surface area contributed by atoms with Crippen molar-refractivity contribution in [2.75, 3.05) is 26.3 Å². The van der Waals surface area contributed by atoms with Crippen LogP contribution in [0.1, 0.15) is 38.8 Å². The van der Waals surface area contributed by atoms with Crippen LogP contribution in [0.25, 0.3) is 0 Å². The summed E-state index contributed by atoms with van der Waals surface area (Å²) in [6.07, 6.45) is 0.708. The Hall–Kier alpha value is -1.59. The van der Waals surface area contributed by atoms with Crippen LogP contribution in [0, 0.1) is 5.92 Å². The first kappa shape index (κ1) is 17.8. The van der Waals surface area contributed by atoms with Gasteiger partial charge in [-0.2, -0.15) is 0 Å². The van der Waals surface area contributed by atoms with Crippen LogP contribution in [0.3, 0.4) is 0 Å². The lowest BCUT2D eigenvalue weighted by Crippen LogP contribution is -2.40. The number of benzene rings is 1. The van der Waals surface area contributed by atoms with Crippen molar-refractivity contribution in [2.45, 2.75) is 38.8 Å². The Bertz CT molecular complexity index is 479. The zero-order valence-electron chi connectivity index (χ0n) is 14.3. The topological polar surface area (TPSA) is 59.6 Å². The average Bonchev–Trinajstić information content (AvgIpc) is 2.98. The molecule has 1 amide bonds. The molecule has 2 rings (SSSR count). The van der Waals surface area contributed by atoms with Crippen LogP contribution in [0.2, 0.25) is 0 Å². The average molecular weight is 320 g/mol. The Kier molecular flexibility index (Phi) is 6.42. The van der Waals surface area contributed by atoms with Gasteiger partial charge < -0.3 is 20.1 Å². The molecule has 1 aliphatic rings. The van der Waals surface area contributed by atoms with Gasteiger partial charge in [-0.05, 0) is 38.7 Å². The molecule has 0 aromatic heterocycles. The summed E-state index contributed by atoms with van der Waals surface area (Å²) in [5.74, 6) is 0.563. The third kappa shape index (κ3) is 6.59. The minimum absolute atomic E-state index is 0.117. The summed E-state index contributed by atoms with van der Waals surface area (Å²) in [6, 6.07) is 9.84. The van der Waals surface area contributed by atoms with E-state index >= 15 is 0 Å². The van der Waals surface area contributed by atoms with Crippen molar-refractivity contribution in [1.29, 1.82) is 0 Å². The third-order valence-corrected chi connectivity index (χ3v) is 3.70. The summed E-state index contributed by atoms with van der Waals surface area (Å²) in [6.45, 7) is 8.83. The highest BCUT2D eigenvalue weighted by atomic mass is 16.6. The summed E-state index contributed by atoms with van der Waals surface area (Å²) < 4.78 is 10.8. The first-order chi connectivity index (χ1) is 10.9. The maximum atomic E-state index is 12.1. The van der Waals surface area contributed by atoms with Gasteiger partial charge in [-0.25, -0.2) is 4.79 Å². The van der Waals surface area contributed by atoms with Gasteiger partial charge in [-0.15, -0.1) is 0 Å². The summed E-state index contributed by atoms with van der Waals surface area (Å²) in [4.78, 5) is 12.1. The molecule has 0 aliphatic carbocycles. The maximum absolute atomic E-state index is 12.1. The van der Waals surface area contributed by atoms with Crippen molar-refractivity contribution >= 4 is 6.09 Å². The predicted molar refractivity (Wildman–Crippen MR) is 90.3 cm³/mol. The second-order valence-electron chi connectivity index (χ2n) is 7.00. The molecule has 1 aromatic carbocycles. The minimum atomic E-state index is -0.500. The normalized spacial score (nSPS) is 19.3. The molecule has 1 fully saturated rings. The highest BCUT2D eigenvalue weighted by Gasteiger charge is 2.21. The van der Waals surface area contributed by atoms with E-state index in [0.29, 0.717) is 12.5 Å². The first-order valence-corrected chi connectivity index (χ1v) is 8.27. The van der Waals surface area contributed by atoms with Gasteiger partial charge in [0.2, 0.25) is 0 Å². The van der Waals surface area contributed by atoms with Crippen molar-refractivity contribution in [2.24, 2.45) is 5.92 Å². The van der Waals surface area contributed by atoms with Crippen molar-refractivity contribution in [3.05, 3.63) is 35.9 Å². The number of amides is 1. The molecular weight excluding hydrogens is 292 g/mol. The SMILES string of the molecule is CC(C)(C)OC(=O)NC(CNCC1CCOC1)c1ccccc1. The number of hydrogen-bond acceptors (Lipinski definition) is 4. The molecule has 1 aromatic rings. The molecule has 128 valence electrons. The van der Waals surface area contributed by atoms with E-state index in [4.69, 9.17) is 9.47 Å². The van der Waals surface area contributed by atoms with Crippen molar-refractivity contribution in [3.63, 3.8) is 0 Å². The molecule has 2 N–H and O–H groups in total. The maximum Gasteiger partial charge on any atom is 0.408 e. The summed E-state index contributed by atoms with van der Waals surface area (Å²) in [7, 11) is 0. The Morgan fingerprint density at radius 3 is 2.70 bits per heavy atom. The van der Waals surface area contributed by atoms with Gasteiger partial charge in [-0.3, -0.25) is 0 Å². The van der Waals surface area contributed by atoms with E-state index in [1.165, 1.54) is 0 Å². The van der Waals surface area contributed by atoms with Gasteiger partial charge in [-0.1, -0.05) is 30.3 Å². The van der Waals surface area contributed by atoms with Crippen molar-refractivity contribution < 1.29 is 14.3 Å². The highest BCUT2D eigenvalue weighted by molar-refractivity contribution is 5.68.